The fraction of sp³-hybridized carbons (Fsp3) is 0.415. The quantitative estimate of drug-likeness (QED) is 0.126. The number of amides is 4. The Morgan fingerprint density at radius 2 is 1.45 bits per heavy atom. The Morgan fingerprint density at radius 3 is 2.13 bits per heavy atom. The number of aromatic nitrogens is 4. The van der Waals surface area contributed by atoms with Crippen LogP contribution < -0.4 is 10.6 Å². The van der Waals surface area contributed by atoms with Gasteiger partial charge in [-0.05, 0) is 66.5 Å². The lowest BCUT2D eigenvalue weighted by atomic mass is 10.0. The van der Waals surface area contributed by atoms with Crippen LogP contribution >= 0.6 is 0 Å². The van der Waals surface area contributed by atoms with Crippen molar-refractivity contribution in [3.63, 3.8) is 0 Å². The Labute approximate surface area is 320 Å². The average molecular weight is 749 g/mol. The highest BCUT2D eigenvalue weighted by Crippen LogP contribution is 2.33. The first-order valence-corrected chi connectivity index (χ1v) is 18.5. The number of hydrogen-bond donors (Lipinski definition) is 4. The van der Waals surface area contributed by atoms with Gasteiger partial charge in [0, 0.05) is 24.2 Å². The molecule has 55 heavy (non-hydrogen) atoms. The Kier molecular flexibility index (Phi) is 11.6. The molecule has 2 aliphatic heterocycles. The number of benzene rings is 2. The molecule has 2 aliphatic rings. The molecule has 1 saturated heterocycles. The molecular formula is C41H48N8O6. The van der Waals surface area contributed by atoms with E-state index in [1.807, 2.05) is 71.0 Å². The summed E-state index contributed by atoms with van der Waals surface area (Å²) in [6, 6.07) is 10.1. The third kappa shape index (κ3) is 8.51. The van der Waals surface area contributed by atoms with E-state index < -0.39 is 30.3 Å². The molecule has 0 bridgehead atoms. The summed E-state index contributed by atoms with van der Waals surface area (Å²) in [6.45, 7) is 10.5. The minimum Gasteiger partial charge on any atom is -0.453 e. The number of aromatic amines is 2. The molecule has 4 atom stereocenters. The van der Waals surface area contributed by atoms with Crippen LogP contribution in [0.25, 0.3) is 22.0 Å². The summed E-state index contributed by atoms with van der Waals surface area (Å²) in [4.78, 5) is 70.5. The minimum absolute atomic E-state index is 0.116. The van der Waals surface area contributed by atoms with E-state index in [1.165, 1.54) is 14.2 Å². The van der Waals surface area contributed by atoms with E-state index in [-0.39, 0.29) is 29.7 Å². The zero-order valence-corrected chi connectivity index (χ0v) is 32.2. The molecule has 0 saturated carbocycles. The highest BCUT2D eigenvalue weighted by molar-refractivity contribution is 5.89. The van der Waals surface area contributed by atoms with E-state index in [1.54, 1.807) is 22.2 Å². The third-order valence-corrected chi connectivity index (χ3v) is 10.1. The Bertz CT molecular complexity index is 2170. The number of nitrogens with zero attached hydrogens (tertiary/aromatic N) is 4. The summed E-state index contributed by atoms with van der Waals surface area (Å²) < 4.78 is 9.50. The highest BCUT2D eigenvalue weighted by atomic mass is 16.5. The molecule has 4 aromatic rings. The SMILES string of the molecule is COC(=O)NC(C(=O)N1CC(C)=CC1c1ncc(-c2ccc3cc(C#Cc4cnc(C5CCCN5C(=O)C(NC(=O)OC)C(C)C)[nH]4)ccc3c2)[nH]1)C(C)C. The molecule has 4 heterocycles. The number of nitrogens with one attached hydrogen (secondary N) is 4. The van der Waals surface area contributed by atoms with Gasteiger partial charge in [-0.3, -0.25) is 9.59 Å². The zero-order valence-electron chi connectivity index (χ0n) is 32.2. The average Bonchev–Trinajstić information content (AvgIpc) is 4.00. The van der Waals surface area contributed by atoms with Gasteiger partial charge < -0.3 is 39.9 Å². The van der Waals surface area contributed by atoms with Crippen LogP contribution in [0, 0.1) is 23.7 Å². The number of carbonyl (C=O) groups excluding carboxylic acids is 4. The van der Waals surface area contributed by atoms with Gasteiger partial charge >= 0.3 is 12.2 Å². The molecule has 2 aromatic heterocycles. The molecule has 288 valence electrons. The number of H-pyrrole nitrogens is 2. The number of hydrogen-bond acceptors (Lipinski definition) is 8. The fourth-order valence-electron chi connectivity index (χ4n) is 7.13. The second-order valence-electron chi connectivity index (χ2n) is 14.7. The number of ether oxygens (including phenoxy) is 2. The van der Waals surface area contributed by atoms with Gasteiger partial charge in [-0.2, -0.15) is 0 Å². The van der Waals surface area contributed by atoms with Gasteiger partial charge in [0.25, 0.3) is 0 Å². The highest BCUT2D eigenvalue weighted by Gasteiger charge is 2.38. The molecule has 0 radical (unpaired) electrons. The van der Waals surface area contributed by atoms with Gasteiger partial charge in [0.1, 0.15) is 35.5 Å². The van der Waals surface area contributed by atoms with E-state index in [0.717, 1.165) is 46.0 Å². The van der Waals surface area contributed by atoms with Gasteiger partial charge in [0.15, 0.2) is 0 Å². The summed E-state index contributed by atoms with van der Waals surface area (Å²) in [6.07, 6.45) is 5.77. The summed E-state index contributed by atoms with van der Waals surface area (Å²) in [5.41, 5.74) is 4.27. The number of rotatable bonds is 9. The molecule has 6 rings (SSSR count). The van der Waals surface area contributed by atoms with Crippen molar-refractivity contribution in [2.45, 2.75) is 71.6 Å². The van der Waals surface area contributed by atoms with Crippen LogP contribution in [0.4, 0.5) is 9.59 Å². The lowest BCUT2D eigenvalue weighted by molar-refractivity contribution is -0.136. The number of carbonyl (C=O) groups is 4. The summed E-state index contributed by atoms with van der Waals surface area (Å²) in [7, 11) is 2.56. The number of likely N-dealkylation sites (tertiary alicyclic amines) is 1. The van der Waals surface area contributed by atoms with Gasteiger partial charge in [-0.25, -0.2) is 19.6 Å². The standard InChI is InChI=1S/C41H48N8O6/c1-23(2)34(46-40(52)54-6)38(50)48-16-8-9-32(48)36-42-20-30(44-36)15-11-26-10-12-28-19-29(14-13-27(28)18-26)31-21-43-37(45-31)33-17-25(5)22-49(33)39(51)35(24(3)4)47-41(53)55-7/h10,12-14,17-21,23-24,32-35H,8-9,16,22H2,1-7H3,(H,42,44)(H,43,45)(H,46,52)(H,47,53). The second-order valence-corrected chi connectivity index (χ2v) is 14.7. The van der Waals surface area contributed by atoms with Gasteiger partial charge in [0.2, 0.25) is 11.8 Å². The lowest BCUT2D eigenvalue weighted by Crippen LogP contribution is -2.51. The maximum absolute atomic E-state index is 13.6. The Morgan fingerprint density at radius 1 is 0.818 bits per heavy atom. The van der Waals surface area contributed by atoms with Gasteiger partial charge in [-0.1, -0.05) is 63.5 Å². The van der Waals surface area contributed by atoms with Crippen molar-refractivity contribution in [1.29, 1.82) is 0 Å². The first kappa shape index (κ1) is 38.6. The van der Waals surface area contributed by atoms with Crippen LogP contribution in [0.1, 0.15) is 82.5 Å². The largest absolute Gasteiger partial charge is 0.453 e. The first-order valence-electron chi connectivity index (χ1n) is 18.5. The molecule has 0 spiro atoms. The van der Waals surface area contributed by atoms with E-state index in [2.05, 4.69) is 48.5 Å². The second kappa shape index (κ2) is 16.5. The minimum atomic E-state index is -0.738. The molecular weight excluding hydrogens is 701 g/mol. The van der Waals surface area contributed by atoms with Crippen LogP contribution in [-0.4, -0.2) is 93.1 Å². The molecule has 0 aliphatic carbocycles. The molecule has 4 unspecified atom stereocenters. The van der Waals surface area contributed by atoms with Crippen molar-refractivity contribution in [3.8, 4) is 23.1 Å². The normalized spacial score (nSPS) is 17.8. The van der Waals surface area contributed by atoms with E-state index >= 15 is 0 Å². The summed E-state index contributed by atoms with van der Waals surface area (Å²) in [5.74, 6) is 7.09. The van der Waals surface area contributed by atoms with Crippen molar-refractivity contribution in [2.75, 3.05) is 27.3 Å². The van der Waals surface area contributed by atoms with E-state index in [0.29, 0.717) is 30.4 Å². The van der Waals surface area contributed by atoms with Crippen molar-refractivity contribution in [3.05, 3.63) is 83.3 Å². The Hall–Kier alpha value is -6.10. The summed E-state index contributed by atoms with van der Waals surface area (Å²) in [5, 5.41) is 7.40. The van der Waals surface area contributed by atoms with Crippen molar-refractivity contribution in [1.82, 2.24) is 40.4 Å². The maximum atomic E-state index is 13.6. The smallest absolute Gasteiger partial charge is 0.407 e. The van der Waals surface area contributed by atoms with Crippen LogP contribution in [-0.2, 0) is 19.1 Å². The number of alkyl carbamates (subject to hydrolysis) is 2. The molecule has 1 fully saturated rings. The molecule has 4 amide bonds. The van der Waals surface area contributed by atoms with E-state index in [4.69, 9.17) is 9.47 Å². The molecule has 14 heteroatoms. The van der Waals surface area contributed by atoms with E-state index in [9.17, 15) is 19.2 Å². The number of methoxy groups -OCH3 is 2. The molecule has 2 aromatic carbocycles. The first-order chi connectivity index (χ1) is 26.4. The number of imidazole rings is 2. The van der Waals surface area contributed by atoms with Crippen LogP contribution in [0.15, 0.2) is 60.4 Å². The van der Waals surface area contributed by atoms with Gasteiger partial charge in [-0.15, -0.1) is 0 Å². The van der Waals surface area contributed by atoms with Crippen LogP contribution in [0.3, 0.4) is 0 Å². The lowest BCUT2D eigenvalue weighted by Gasteiger charge is -2.30. The predicted octanol–water partition coefficient (Wildman–Crippen LogP) is 5.61. The summed E-state index contributed by atoms with van der Waals surface area (Å²) >= 11 is 0. The third-order valence-electron chi connectivity index (χ3n) is 10.1. The predicted molar refractivity (Wildman–Crippen MR) is 206 cm³/mol. The van der Waals surface area contributed by atoms with Crippen molar-refractivity contribution >= 4 is 34.8 Å². The van der Waals surface area contributed by atoms with Gasteiger partial charge in [0.05, 0.1) is 38.3 Å². The van der Waals surface area contributed by atoms with Crippen LogP contribution in [0.2, 0.25) is 0 Å². The maximum Gasteiger partial charge on any atom is 0.407 e. The van der Waals surface area contributed by atoms with Crippen molar-refractivity contribution in [2.24, 2.45) is 11.8 Å². The van der Waals surface area contributed by atoms with Crippen molar-refractivity contribution < 1.29 is 28.7 Å². The number of fused-ring (bicyclic) bond motifs is 1. The fourth-order valence-corrected chi connectivity index (χ4v) is 7.13. The molecule has 4 N–H and O–H groups in total. The van der Waals surface area contributed by atoms with Crippen LogP contribution in [0.5, 0.6) is 0 Å². The zero-order chi connectivity index (χ0) is 39.4. The topological polar surface area (TPSA) is 175 Å². The monoisotopic (exact) mass is 748 g/mol. The molecule has 14 nitrogen and oxygen atoms in total. The Balaban J connectivity index is 1.14.